The molecule has 0 bridgehead atoms. The molecule has 6 nitrogen and oxygen atoms in total. The molecule has 0 N–H and O–H groups in total. The van der Waals surface area contributed by atoms with Gasteiger partial charge in [-0.1, -0.05) is 30.3 Å². The van der Waals surface area contributed by atoms with E-state index in [9.17, 15) is 13.2 Å². The highest BCUT2D eigenvalue weighted by molar-refractivity contribution is 7.89. The Morgan fingerprint density at radius 2 is 1.76 bits per heavy atom. The van der Waals surface area contributed by atoms with E-state index < -0.39 is 15.6 Å². The predicted octanol–water partition coefficient (Wildman–Crippen LogP) is 4.72. The molecule has 1 aromatic heterocycles. The van der Waals surface area contributed by atoms with Gasteiger partial charge in [0.1, 0.15) is 5.75 Å². The van der Waals surface area contributed by atoms with Crippen LogP contribution in [0, 0.1) is 0 Å². The second-order valence-electron chi connectivity index (χ2n) is 9.31. The van der Waals surface area contributed by atoms with E-state index in [1.807, 2.05) is 56.0 Å². The number of hydrogen-bond donors (Lipinski definition) is 0. The Balaban J connectivity index is 1.67. The van der Waals surface area contributed by atoms with Crippen molar-refractivity contribution in [2.24, 2.45) is 0 Å². The molecule has 8 heteroatoms. The lowest BCUT2D eigenvalue weighted by atomic mass is 9.93. The molecule has 34 heavy (non-hydrogen) atoms. The number of benzene rings is 2. The quantitative estimate of drug-likeness (QED) is 0.493. The summed E-state index contributed by atoms with van der Waals surface area (Å²) >= 11 is 1.71. The molecule has 1 unspecified atom stereocenters. The summed E-state index contributed by atoms with van der Waals surface area (Å²) in [5.74, 6) is 0.362. The van der Waals surface area contributed by atoms with Crippen molar-refractivity contribution >= 4 is 27.3 Å². The number of nitrogens with zero attached hydrogens (tertiary/aromatic N) is 2. The van der Waals surface area contributed by atoms with Crippen LogP contribution >= 0.6 is 11.3 Å². The van der Waals surface area contributed by atoms with Gasteiger partial charge in [-0.25, -0.2) is 8.42 Å². The monoisotopic (exact) mass is 498 g/mol. The zero-order valence-electron chi connectivity index (χ0n) is 19.9. The lowest BCUT2D eigenvalue weighted by molar-refractivity contribution is -0.134. The van der Waals surface area contributed by atoms with Crippen LogP contribution < -0.4 is 4.74 Å². The van der Waals surface area contributed by atoms with Crippen molar-refractivity contribution in [2.75, 3.05) is 20.2 Å². The Morgan fingerprint density at radius 1 is 1.09 bits per heavy atom. The number of rotatable bonds is 6. The third kappa shape index (κ3) is 4.76. The van der Waals surface area contributed by atoms with Gasteiger partial charge in [0.2, 0.25) is 15.9 Å². The van der Waals surface area contributed by atoms with Gasteiger partial charge < -0.3 is 9.64 Å². The predicted molar refractivity (Wildman–Crippen MR) is 135 cm³/mol. The Hall–Kier alpha value is -2.68. The first-order chi connectivity index (χ1) is 16.1. The second kappa shape index (κ2) is 9.52. The number of fused-ring (bicyclic) bond motifs is 1. The van der Waals surface area contributed by atoms with Crippen LogP contribution in [0.3, 0.4) is 0 Å². The molecule has 0 fully saturated rings. The van der Waals surface area contributed by atoms with E-state index in [0.717, 1.165) is 17.5 Å². The van der Waals surface area contributed by atoms with Crippen LogP contribution in [0.5, 0.6) is 5.75 Å². The van der Waals surface area contributed by atoms with Crippen LogP contribution in [0.15, 0.2) is 70.9 Å². The maximum Gasteiger partial charge on any atom is 0.244 e. The Bertz CT molecular complexity index is 1250. The minimum Gasteiger partial charge on any atom is -0.497 e. The van der Waals surface area contributed by atoms with E-state index in [4.69, 9.17) is 4.74 Å². The summed E-state index contributed by atoms with van der Waals surface area (Å²) in [4.78, 5) is 17.0. The number of thiophene rings is 1. The van der Waals surface area contributed by atoms with E-state index in [1.54, 1.807) is 23.5 Å². The van der Waals surface area contributed by atoms with E-state index in [1.165, 1.54) is 28.4 Å². The number of amides is 1. The second-order valence-corrected chi connectivity index (χ2v) is 12.2. The largest absolute Gasteiger partial charge is 0.497 e. The first kappa shape index (κ1) is 24.4. The molecule has 4 rings (SSSR count). The van der Waals surface area contributed by atoms with Crippen molar-refractivity contribution < 1.29 is 17.9 Å². The molecular formula is C26H30N2O4S2. The van der Waals surface area contributed by atoms with Crippen LogP contribution in [0.25, 0.3) is 0 Å². The summed E-state index contributed by atoms with van der Waals surface area (Å²) in [5.41, 5.74) is 1.35. The van der Waals surface area contributed by atoms with Crippen LogP contribution in [0.2, 0.25) is 0 Å². The summed E-state index contributed by atoms with van der Waals surface area (Å²) in [7, 11) is -2.38. The van der Waals surface area contributed by atoms with Crippen LogP contribution in [-0.2, 0) is 21.2 Å². The van der Waals surface area contributed by atoms with E-state index >= 15 is 0 Å². The third-order valence-corrected chi connectivity index (χ3v) is 9.20. The molecule has 0 saturated heterocycles. The number of methoxy groups -OCH3 is 1. The highest BCUT2D eigenvalue weighted by Gasteiger charge is 2.39. The molecular weight excluding hydrogens is 468 g/mol. The molecule has 0 aliphatic carbocycles. The SMILES string of the molecule is COc1ccc(S(=O)(=O)N(CC(=O)N2CCc3sccc3C2c2ccccc2)C(C)(C)C)cc1. The fraction of sp³-hybridized carbons (Fsp3) is 0.346. The molecule has 0 spiro atoms. The molecule has 3 aromatic rings. The molecule has 2 heterocycles. The first-order valence-corrected chi connectivity index (χ1v) is 13.5. The average Bonchev–Trinajstić information content (AvgIpc) is 3.30. The van der Waals surface area contributed by atoms with Gasteiger partial charge in [-0.05, 0) is 74.0 Å². The van der Waals surface area contributed by atoms with Crippen LogP contribution in [-0.4, -0.2) is 49.3 Å². The van der Waals surface area contributed by atoms with Crippen LogP contribution in [0.4, 0.5) is 0 Å². The summed E-state index contributed by atoms with van der Waals surface area (Å²) in [6.45, 7) is 5.74. The van der Waals surface area contributed by atoms with Gasteiger partial charge in [0.05, 0.1) is 24.6 Å². The van der Waals surface area contributed by atoms with Gasteiger partial charge in [0.25, 0.3) is 0 Å². The maximum absolute atomic E-state index is 13.8. The zero-order chi connectivity index (χ0) is 24.5. The number of carbonyl (C=O) groups excluding carboxylic acids is 1. The molecule has 1 aliphatic heterocycles. The fourth-order valence-corrected chi connectivity index (χ4v) is 6.99. The van der Waals surface area contributed by atoms with E-state index in [-0.39, 0.29) is 23.4 Å². The molecule has 2 aromatic carbocycles. The van der Waals surface area contributed by atoms with E-state index in [0.29, 0.717) is 12.3 Å². The summed E-state index contributed by atoms with van der Waals surface area (Å²) < 4.78 is 33.7. The van der Waals surface area contributed by atoms with Crippen LogP contribution in [0.1, 0.15) is 42.8 Å². The standard InChI is InChI=1S/C26H30N2O4S2/c1-26(2,3)28(34(30,31)21-12-10-20(32-4)11-13-21)18-24(29)27-16-14-23-22(15-17-33-23)25(27)19-8-6-5-7-9-19/h5-13,15,17,25H,14,16,18H2,1-4H3. The molecule has 1 aliphatic rings. The Kier molecular flexibility index (Phi) is 6.85. The Labute approximate surface area is 205 Å². The number of hydrogen-bond acceptors (Lipinski definition) is 5. The lowest BCUT2D eigenvalue weighted by Crippen LogP contribution is -2.52. The lowest BCUT2D eigenvalue weighted by Gasteiger charge is -2.40. The summed E-state index contributed by atoms with van der Waals surface area (Å²) in [5, 5.41) is 2.06. The first-order valence-electron chi connectivity index (χ1n) is 11.2. The van der Waals surface area contributed by atoms with Gasteiger partial charge in [-0.3, -0.25) is 4.79 Å². The number of ether oxygens (including phenoxy) is 1. The number of carbonyl (C=O) groups is 1. The molecule has 180 valence electrons. The van der Waals surface area contributed by atoms with Crippen molar-refractivity contribution in [2.45, 2.75) is 43.7 Å². The minimum atomic E-state index is -3.92. The summed E-state index contributed by atoms with van der Waals surface area (Å²) in [6, 6.07) is 18.0. The highest BCUT2D eigenvalue weighted by atomic mass is 32.2. The molecule has 0 saturated carbocycles. The van der Waals surface area contributed by atoms with Gasteiger partial charge >= 0.3 is 0 Å². The third-order valence-electron chi connectivity index (χ3n) is 6.08. The molecule has 1 amide bonds. The zero-order valence-corrected chi connectivity index (χ0v) is 21.5. The van der Waals surface area contributed by atoms with Crippen molar-refractivity contribution in [1.29, 1.82) is 0 Å². The van der Waals surface area contributed by atoms with Crippen molar-refractivity contribution in [1.82, 2.24) is 9.21 Å². The molecule has 1 atom stereocenters. The topological polar surface area (TPSA) is 66.9 Å². The van der Waals surface area contributed by atoms with Gasteiger partial charge in [-0.15, -0.1) is 11.3 Å². The van der Waals surface area contributed by atoms with Gasteiger partial charge in [0, 0.05) is 17.0 Å². The fourth-order valence-electron chi connectivity index (χ4n) is 4.35. The highest BCUT2D eigenvalue weighted by Crippen LogP contribution is 2.38. The average molecular weight is 499 g/mol. The number of sulfonamides is 1. The van der Waals surface area contributed by atoms with Gasteiger partial charge in [0.15, 0.2) is 0 Å². The summed E-state index contributed by atoms with van der Waals surface area (Å²) in [6.07, 6.45) is 0.767. The smallest absolute Gasteiger partial charge is 0.244 e. The van der Waals surface area contributed by atoms with E-state index in [2.05, 4.69) is 11.4 Å². The normalized spacial score (nSPS) is 16.4. The Morgan fingerprint density at radius 3 is 2.38 bits per heavy atom. The maximum atomic E-state index is 13.8. The van der Waals surface area contributed by atoms with Crippen molar-refractivity contribution in [3.05, 3.63) is 82.0 Å². The minimum absolute atomic E-state index is 0.134. The van der Waals surface area contributed by atoms with Crippen molar-refractivity contribution in [3.8, 4) is 5.75 Å². The molecule has 0 radical (unpaired) electrons. The van der Waals surface area contributed by atoms with Crippen molar-refractivity contribution in [3.63, 3.8) is 0 Å². The van der Waals surface area contributed by atoms with Gasteiger partial charge in [-0.2, -0.15) is 4.31 Å².